The van der Waals surface area contributed by atoms with Crippen LogP contribution in [0.2, 0.25) is 10.0 Å². The zero-order valence-electron chi connectivity index (χ0n) is 12.1. The normalized spacial score (nSPS) is 18.8. The van der Waals surface area contributed by atoms with Gasteiger partial charge in [0, 0.05) is 33.7 Å². The van der Waals surface area contributed by atoms with Crippen molar-refractivity contribution in [1.29, 1.82) is 0 Å². The molecule has 1 atom stereocenters. The molecule has 22 heavy (non-hydrogen) atoms. The summed E-state index contributed by atoms with van der Waals surface area (Å²) in [5.74, 6) is 0.977. The highest BCUT2D eigenvalue weighted by atomic mass is 35.5. The van der Waals surface area contributed by atoms with Gasteiger partial charge in [0.2, 0.25) is 0 Å². The van der Waals surface area contributed by atoms with Gasteiger partial charge in [-0.15, -0.1) is 24.2 Å². The Hall–Kier alpha value is -0.660. The van der Waals surface area contributed by atoms with Crippen LogP contribution in [-0.2, 0) is 0 Å². The summed E-state index contributed by atoms with van der Waals surface area (Å²) in [5.41, 5.74) is 9.02. The van der Waals surface area contributed by atoms with Crippen LogP contribution in [0.15, 0.2) is 22.1 Å². The van der Waals surface area contributed by atoms with Crippen molar-refractivity contribution in [2.45, 2.75) is 4.90 Å². The number of amides is 2. The van der Waals surface area contributed by atoms with Crippen LogP contribution in [0.3, 0.4) is 0 Å². The number of rotatable bonds is 3. The topological polar surface area (TPSA) is 70.7 Å². The fourth-order valence-electron chi connectivity index (χ4n) is 2.23. The number of carbonyl (C=O) groups is 1. The molecule has 2 amide bonds. The second-order valence-corrected chi connectivity index (χ2v) is 6.88. The number of hydrazone groups is 1. The van der Waals surface area contributed by atoms with Crippen LogP contribution in [0.4, 0.5) is 4.79 Å². The summed E-state index contributed by atoms with van der Waals surface area (Å²) in [6, 6.07) is 2.83. The van der Waals surface area contributed by atoms with E-state index in [1.54, 1.807) is 17.8 Å². The average Bonchev–Trinajstić information content (AvgIpc) is 2.36. The van der Waals surface area contributed by atoms with Gasteiger partial charge in [-0.05, 0) is 26.2 Å². The third-order valence-electron chi connectivity index (χ3n) is 2.97. The second-order valence-electron chi connectivity index (χ2n) is 5.01. The number of halogens is 3. The van der Waals surface area contributed by atoms with Crippen molar-refractivity contribution in [3.8, 4) is 0 Å². The van der Waals surface area contributed by atoms with Crippen LogP contribution in [0.1, 0.15) is 5.56 Å². The first-order valence-electron chi connectivity index (χ1n) is 6.28. The second kappa shape index (κ2) is 8.26. The number of carbonyl (C=O) groups excluding carboxylic acids is 1. The first-order valence-corrected chi connectivity index (χ1v) is 8.02. The number of urea groups is 1. The smallest absolute Gasteiger partial charge is 0.332 e. The lowest BCUT2D eigenvalue weighted by molar-refractivity contribution is 0.249. The van der Waals surface area contributed by atoms with Crippen LogP contribution in [0, 0.1) is 5.92 Å². The predicted molar refractivity (Wildman–Crippen MR) is 95.7 cm³/mol. The van der Waals surface area contributed by atoms with Crippen molar-refractivity contribution in [2.24, 2.45) is 16.8 Å². The van der Waals surface area contributed by atoms with E-state index in [0.717, 1.165) is 28.5 Å². The van der Waals surface area contributed by atoms with E-state index in [2.05, 4.69) is 15.4 Å². The number of nitrogens with one attached hydrogen (secondary N) is 1. The molecule has 2 rings (SSSR count). The van der Waals surface area contributed by atoms with Gasteiger partial charge in [0.05, 0.1) is 10.7 Å². The van der Waals surface area contributed by atoms with Crippen molar-refractivity contribution in [2.75, 3.05) is 26.4 Å². The third-order valence-corrected chi connectivity index (χ3v) is 4.90. The molecule has 0 radical (unpaired) electrons. The Labute approximate surface area is 150 Å². The number of hydrogen-bond acceptors (Lipinski definition) is 4. The Balaban J connectivity index is 0.00000242. The van der Waals surface area contributed by atoms with Gasteiger partial charge >= 0.3 is 6.03 Å². The van der Waals surface area contributed by atoms with E-state index in [9.17, 15) is 4.79 Å². The highest BCUT2D eigenvalue weighted by Crippen LogP contribution is 2.40. The van der Waals surface area contributed by atoms with Crippen LogP contribution in [0.5, 0.6) is 0 Å². The number of primary amides is 1. The average molecular weight is 384 g/mol. The summed E-state index contributed by atoms with van der Waals surface area (Å²) in [4.78, 5) is 14.0. The molecular formula is C13H17Cl3N4OS. The van der Waals surface area contributed by atoms with E-state index >= 15 is 0 Å². The fourth-order valence-corrected chi connectivity index (χ4v) is 4.03. The largest absolute Gasteiger partial charge is 0.350 e. The van der Waals surface area contributed by atoms with Crippen LogP contribution >= 0.6 is 47.4 Å². The van der Waals surface area contributed by atoms with Gasteiger partial charge in [-0.2, -0.15) is 5.10 Å². The van der Waals surface area contributed by atoms with Crippen LogP contribution < -0.4 is 11.2 Å². The zero-order valence-corrected chi connectivity index (χ0v) is 15.2. The van der Waals surface area contributed by atoms with E-state index in [-0.39, 0.29) is 18.3 Å². The molecule has 5 nitrogen and oxygen atoms in total. The molecule has 1 aliphatic rings. The van der Waals surface area contributed by atoms with Crippen molar-refractivity contribution in [3.05, 3.63) is 27.7 Å². The molecule has 1 unspecified atom stereocenters. The molecule has 1 aliphatic heterocycles. The Morgan fingerprint density at radius 3 is 2.77 bits per heavy atom. The Morgan fingerprint density at radius 1 is 1.50 bits per heavy atom. The maximum atomic E-state index is 11.0. The highest BCUT2D eigenvalue weighted by Gasteiger charge is 2.29. The van der Waals surface area contributed by atoms with Crippen molar-refractivity contribution >= 4 is 59.1 Å². The van der Waals surface area contributed by atoms with Crippen LogP contribution in [0.25, 0.3) is 0 Å². The van der Waals surface area contributed by atoms with Crippen LogP contribution in [-0.4, -0.2) is 43.0 Å². The molecule has 0 spiro atoms. The van der Waals surface area contributed by atoms with Gasteiger partial charge in [-0.1, -0.05) is 23.2 Å². The molecule has 0 aromatic heterocycles. The summed E-state index contributed by atoms with van der Waals surface area (Å²) < 4.78 is 0. The lowest BCUT2D eigenvalue weighted by Gasteiger charge is -2.28. The van der Waals surface area contributed by atoms with Crippen molar-refractivity contribution < 1.29 is 4.79 Å². The molecule has 0 aliphatic carbocycles. The molecule has 9 heteroatoms. The van der Waals surface area contributed by atoms with Crippen molar-refractivity contribution in [3.63, 3.8) is 0 Å². The minimum absolute atomic E-state index is 0. The SMILES string of the molecule is CN(C)CC1CSc2c(Cl)cc(Cl)cc2C1=NNC(N)=O.Cl. The lowest BCUT2D eigenvalue weighted by Crippen LogP contribution is -2.35. The maximum absolute atomic E-state index is 11.0. The molecule has 0 fully saturated rings. The molecule has 1 aromatic rings. The summed E-state index contributed by atoms with van der Waals surface area (Å²) in [7, 11) is 3.98. The first-order chi connectivity index (χ1) is 9.88. The van der Waals surface area contributed by atoms with E-state index < -0.39 is 6.03 Å². The number of fused-ring (bicyclic) bond motifs is 1. The summed E-state index contributed by atoms with van der Waals surface area (Å²) >= 11 is 14.0. The lowest BCUT2D eigenvalue weighted by atomic mass is 9.97. The first kappa shape index (κ1) is 19.4. The monoisotopic (exact) mass is 382 g/mol. The predicted octanol–water partition coefficient (Wildman–Crippen LogP) is 3.07. The van der Waals surface area contributed by atoms with Gasteiger partial charge in [0.15, 0.2) is 0 Å². The molecule has 0 saturated heterocycles. The Bertz CT molecular complexity index is 595. The molecule has 1 heterocycles. The Morgan fingerprint density at radius 2 is 2.18 bits per heavy atom. The van der Waals surface area contributed by atoms with Gasteiger partial charge in [0.25, 0.3) is 0 Å². The number of benzene rings is 1. The van der Waals surface area contributed by atoms with Gasteiger partial charge in [0.1, 0.15) is 0 Å². The minimum Gasteiger partial charge on any atom is -0.350 e. The highest BCUT2D eigenvalue weighted by molar-refractivity contribution is 7.99. The summed E-state index contributed by atoms with van der Waals surface area (Å²) in [5, 5.41) is 5.31. The van der Waals surface area contributed by atoms with Gasteiger partial charge in [-0.25, -0.2) is 10.2 Å². The zero-order chi connectivity index (χ0) is 15.6. The quantitative estimate of drug-likeness (QED) is 0.788. The molecular weight excluding hydrogens is 367 g/mol. The number of nitrogens with two attached hydrogens (primary N) is 1. The van der Waals surface area contributed by atoms with Gasteiger partial charge < -0.3 is 10.6 Å². The summed E-state index contributed by atoms with van der Waals surface area (Å²) in [6.45, 7) is 0.801. The molecule has 122 valence electrons. The summed E-state index contributed by atoms with van der Waals surface area (Å²) in [6.07, 6.45) is 0. The molecule has 0 bridgehead atoms. The molecule has 1 aromatic carbocycles. The standard InChI is InChI=1S/C13H16Cl2N4OS.ClH/c1-19(2)5-7-6-21-12-9(3-8(14)4-10(12)15)11(7)17-18-13(16)20;/h3-4,7H,5-6H2,1-2H3,(H3,16,18,20);1H. The van der Waals surface area contributed by atoms with Gasteiger partial charge in [-0.3, -0.25) is 0 Å². The van der Waals surface area contributed by atoms with E-state index in [1.165, 1.54) is 0 Å². The number of hydrogen-bond donors (Lipinski definition) is 2. The molecule has 3 N–H and O–H groups in total. The third kappa shape index (κ3) is 4.67. The van der Waals surface area contributed by atoms with Crippen molar-refractivity contribution in [1.82, 2.24) is 10.3 Å². The van der Waals surface area contributed by atoms with E-state index in [0.29, 0.717) is 10.0 Å². The molecule has 0 saturated carbocycles. The Kier molecular flexibility index (Phi) is 7.28. The minimum atomic E-state index is -0.695. The van der Waals surface area contributed by atoms with E-state index in [4.69, 9.17) is 28.9 Å². The number of nitrogens with zero attached hydrogens (tertiary/aromatic N) is 2. The fraction of sp³-hybridized carbons (Fsp3) is 0.385. The number of thioether (sulfide) groups is 1. The van der Waals surface area contributed by atoms with E-state index in [1.807, 2.05) is 20.2 Å². The maximum Gasteiger partial charge on any atom is 0.332 e.